The van der Waals surface area contributed by atoms with Gasteiger partial charge < -0.3 is 35.4 Å². The first-order valence-corrected chi connectivity index (χ1v) is 11.1. The molecule has 0 aliphatic rings. The van der Waals surface area contributed by atoms with Gasteiger partial charge in [-0.25, -0.2) is 24.2 Å². The lowest BCUT2D eigenvalue weighted by atomic mass is 10.2. The maximum atomic E-state index is 10.6. The van der Waals surface area contributed by atoms with Gasteiger partial charge in [-0.05, 0) is 36.3 Å². The second-order valence-corrected chi connectivity index (χ2v) is 7.45. The van der Waals surface area contributed by atoms with Crippen molar-refractivity contribution in [3.63, 3.8) is 0 Å². The average Bonchev–Trinajstić information content (AvgIpc) is 3.63. The number of nitrogen functional groups attached to an aromatic ring is 1. The van der Waals surface area contributed by atoms with E-state index in [0.717, 1.165) is 17.5 Å². The van der Waals surface area contributed by atoms with Crippen LogP contribution in [0.5, 0.6) is 5.75 Å². The summed E-state index contributed by atoms with van der Waals surface area (Å²) in [5.41, 5.74) is 14.8. The van der Waals surface area contributed by atoms with Gasteiger partial charge in [-0.2, -0.15) is 26.3 Å². The Morgan fingerprint density at radius 3 is 2.12 bits per heavy atom. The quantitative estimate of drug-likeness (QED) is 0.178. The van der Waals surface area contributed by atoms with E-state index in [1.54, 1.807) is 18.7 Å². The van der Waals surface area contributed by atoms with Gasteiger partial charge in [-0.15, -0.1) is 0 Å². The minimum Gasteiger partial charge on any atom is -0.490 e. The van der Waals surface area contributed by atoms with Crippen LogP contribution in [0.2, 0.25) is 0 Å². The Morgan fingerprint density at radius 1 is 1.07 bits per heavy atom. The molecule has 224 valence electrons. The molecule has 0 amide bonds. The van der Waals surface area contributed by atoms with Crippen molar-refractivity contribution in [2.75, 3.05) is 18.9 Å². The minimum atomic E-state index is -5.08. The Balaban J connectivity index is 0.000000349. The van der Waals surface area contributed by atoms with Crippen molar-refractivity contribution in [1.29, 1.82) is 0 Å². The Hall–Kier alpha value is -4.88. The third-order valence-electron chi connectivity index (χ3n) is 4.66. The molecule has 0 fully saturated rings. The number of nitrogens with two attached hydrogens (primary N) is 2. The number of anilines is 1. The lowest BCUT2D eigenvalue weighted by Crippen LogP contribution is -2.21. The Labute approximate surface area is 224 Å². The van der Waals surface area contributed by atoms with Gasteiger partial charge in [-0.3, -0.25) is 0 Å². The fourth-order valence-corrected chi connectivity index (χ4v) is 2.93. The molecule has 0 aliphatic heterocycles. The van der Waals surface area contributed by atoms with Gasteiger partial charge in [0.1, 0.15) is 16.7 Å². The molecular weight excluding hydrogens is 576 g/mol. The van der Waals surface area contributed by atoms with Crippen LogP contribution >= 0.6 is 0 Å². The number of pyridine rings is 1. The van der Waals surface area contributed by atoms with Crippen molar-refractivity contribution in [3.8, 4) is 28.5 Å². The van der Waals surface area contributed by atoms with Crippen molar-refractivity contribution in [1.82, 2.24) is 24.8 Å². The molecule has 0 aromatic carbocycles. The van der Waals surface area contributed by atoms with Crippen LogP contribution in [0.25, 0.3) is 33.8 Å². The summed E-state index contributed by atoms with van der Waals surface area (Å²) in [5, 5.41) is 21.8. The number of aliphatic carboxylic acids is 2. The molecule has 41 heavy (non-hydrogen) atoms. The highest BCUT2D eigenvalue weighted by atomic mass is 19.4. The molecule has 0 radical (unpaired) electrons. The molecule has 0 aliphatic carbocycles. The lowest BCUT2D eigenvalue weighted by Gasteiger charge is -2.11. The zero-order chi connectivity index (χ0) is 31.0. The fraction of sp³-hybridized carbons (Fsp3) is 0.333. The number of carbonyl (C=O) groups is 2. The minimum absolute atomic E-state index is 0.170. The number of halogens is 6. The molecule has 4 rings (SSSR count). The molecule has 0 atom stereocenters. The molecule has 0 unspecified atom stereocenters. The SMILES string of the molecule is CCn1c(-c2nonc2N)nc2c(-c3ccoc3)ncc(OCCCN)c21.O=C(O)C(F)(F)F.O=C(O)C(F)(F)F. The third-order valence-corrected chi connectivity index (χ3v) is 4.66. The zero-order valence-corrected chi connectivity index (χ0v) is 20.7. The highest BCUT2D eigenvalue weighted by Crippen LogP contribution is 2.36. The summed E-state index contributed by atoms with van der Waals surface area (Å²) < 4.78 is 81.3. The summed E-state index contributed by atoms with van der Waals surface area (Å²) in [6.45, 7) is 3.63. The van der Waals surface area contributed by atoms with E-state index in [2.05, 4.69) is 15.3 Å². The first-order valence-electron chi connectivity index (χ1n) is 11.1. The smallest absolute Gasteiger partial charge is 0.490 e. The molecule has 6 N–H and O–H groups in total. The fourth-order valence-electron chi connectivity index (χ4n) is 2.93. The molecular formula is C21H21F6N7O7. The number of furan rings is 1. The number of imidazole rings is 1. The number of nitrogens with zero attached hydrogens (tertiary/aromatic N) is 5. The number of alkyl halides is 6. The van der Waals surface area contributed by atoms with Crippen LogP contribution in [0.15, 0.2) is 33.8 Å². The van der Waals surface area contributed by atoms with Crippen molar-refractivity contribution in [3.05, 3.63) is 24.8 Å². The van der Waals surface area contributed by atoms with E-state index in [0.29, 0.717) is 48.2 Å². The molecule has 20 heteroatoms. The maximum Gasteiger partial charge on any atom is 0.490 e. The third kappa shape index (κ3) is 8.30. The van der Waals surface area contributed by atoms with Crippen molar-refractivity contribution in [2.24, 2.45) is 5.73 Å². The van der Waals surface area contributed by atoms with Crippen molar-refractivity contribution in [2.45, 2.75) is 32.2 Å². The largest absolute Gasteiger partial charge is 0.490 e. The number of fused-ring (bicyclic) bond motifs is 1. The van der Waals surface area contributed by atoms with Crippen molar-refractivity contribution < 1.29 is 59.9 Å². The number of aryl methyl sites for hydroxylation is 1. The number of hydrogen-bond donors (Lipinski definition) is 4. The second-order valence-electron chi connectivity index (χ2n) is 7.45. The summed E-state index contributed by atoms with van der Waals surface area (Å²) in [5.74, 6) is -4.20. The maximum absolute atomic E-state index is 10.6. The number of carboxylic acids is 2. The number of ether oxygens (including phenoxy) is 1. The van der Waals surface area contributed by atoms with E-state index >= 15 is 0 Å². The van der Waals surface area contributed by atoms with E-state index in [1.807, 2.05) is 17.6 Å². The number of carboxylic acid groups (broad SMARTS) is 2. The molecule has 4 aromatic heterocycles. The normalized spacial score (nSPS) is 11.3. The van der Waals surface area contributed by atoms with Gasteiger partial charge >= 0.3 is 24.3 Å². The van der Waals surface area contributed by atoms with Gasteiger partial charge in [-0.1, -0.05) is 0 Å². The van der Waals surface area contributed by atoms with E-state index < -0.39 is 24.3 Å². The number of aromatic nitrogens is 5. The molecule has 0 saturated carbocycles. The van der Waals surface area contributed by atoms with Gasteiger partial charge in [0.05, 0.1) is 25.3 Å². The standard InChI is InChI=1S/C17H19N7O3.2C2HF3O2/c1-2-24-15-11(26-6-3-5-18)8-20-12(10-4-7-25-9-10)13(15)21-17(24)14-16(19)23-27-22-14;2*3-2(4,5)1(6)7/h4,7-9H,2-3,5-6,18H2,1H3,(H2,19,23);2*(H,6,7). The van der Waals surface area contributed by atoms with Crippen LogP contribution in [0.4, 0.5) is 32.2 Å². The summed E-state index contributed by atoms with van der Waals surface area (Å²) in [7, 11) is 0. The van der Waals surface area contributed by atoms with Crippen LogP contribution < -0.4 is 16.2 Å². The number of rotatable bonds is 7. The number of hydrogen-bond acceptors (Lipinski definition) is 11. The Bertz CT molecular complexity index is 1430. The Morgan fingerprint density at radius 2 is 1.68 bits per heavy atom. The van der Waals surface area contributed by atoms with E-state index in [-0.39, 0.29) is 5.82 Å². The summed E-state index contributed by atoms with van der Waals surface area (Å²) in [4.78, 5) is 27.1. The zero-order valence-electron chi connectivity index (χ0n) is 20.7. The van der Waals surface area contributed by atoms with E-state index in [4.69, 9.17) is 50.0 Å². The average molecular weight is 597 g/mol. The molecule has 4 aromatic rings. The van der Waals surface area contributed by atoms with Gasteiger partial charge in [0.15, 0.2) is 23.1 Å². The predicted octanol–water partition coefficient (Wildman–Crippen LogP) is 3.34. The second kappa shape index (κ2) is 13.5. The monoisotopic (exact) mass is 597 g/mol. The summed E-state index contributed by atoms with van der Waals surface area (Å²) in [6, 6.07) is 1.83. The summed E-state index contributed by atoms with van der Waals surface area (Å²) in [6.07, 6.45) is -4.54. The molecule has 4 heterocycles. The topological polar surface area (TPSA) is 219 Å². The van der Waals surface area contributed by atoms with Crippen LogP contribution in [0, 0.1) is 0 Å². The van der Waals surface area contributed by atoms with Gasteiger partial charge in [0, 0.05) is 12.1 Å². The Kier molecular flexibility index (Phi) is 10.6. The highest BCUT2D eigenvalue weighted by Gasteiger charge is 2.38. The van der Waals surface area contributed by atoms with Crippen LogP contribution in [0.1, 0.15) is 13.3 Å². The molecule has 0 bridgehead atoms. The van der Waals surface area contributed by atoms with Crippen LogP contribution in [-0.2, 0) is 16.1 Å². The predicted molar refractivity (Wildman–Crippen MR) is 125 cm³/mol. The highest BCUT2D eigenvalue weighted by molar-refractivity contribution is 5.95. The molecule has 0 spiro atoms. The first-order chi connectivity index (χ1) is 19.1. The van der Waals surface area contributed by atoms with Crippen LogP contribution in [-0.4, -0.2) is 72.5 Å². The molecule has 0 saturated heterocycles. The lowest BCUT2D eigenvalue weighted by molar-refractivity contribution is -0.193. The van der Waals surface area contributed by atoms with Gasteiger partial charge in [0.25, 0.3) is 0 Å². The first kappa shape index (κ1) is 32.3. The molecule has 14 nitrogen and oxygen atoms in total. The van der Waals surface area contributed by atoms with Crippen LogP contribution in [0.3, 0.4) is 0 Å². The van der Waals surface area contributed by atoms with E-state index in [9.17, 15) is 26.3 Å². The van der Waals surface area contributed by atoms with Gasteiger partial charge in [0.2, 0.25) is 0 Å². The van der Waals surface area contributed by atoms with Crippen molar-refractivity contribution >= 4 is 28.8 Å². The summed E-state index contributed by atoms with van der Waals surface area (Å²) >= 11 is 0. The van der Waals surface area contributed by atoms with E-state index in [1.165, 1.54) is 0 Å².